The average molecular weight is 220 g/mol. The first-order valence-electron chi connectivity index (χ1n) is 5.81. The number of Topliss-reactive ketones (excluding diaryl/α,β-unsaturated/α-hetero) is 1. The lowest BCUT2D eigenvalue weighted by Gasteiger charge is -2.21. The first-order chi connectivity index (χ1) is 7.52. The SMILES string of the molecule is CC(C)C(=O)[C@@H](Cc1ccncn1)C(C)C. The molecule has 1 aromatic heterocycles. The molecule has 0 saturated heterocycles. The fourth-order valence-electron chi connectivity index (χ4n) is 1.76. The Labute approximate surface area is 97.3 Å². The highest BCUT2D eigenvalue weighted by Crippen LogP contribution is 2.20. The third-order valence-electron chi connectivity index (χ3n) is 2.81. The molecule has 0 saturated carbocycles. The van der Waals surface area contributed by atoms with Crippen LogP contribution >= 0.6 is 0 Å². The van der Waals surface area contributed by atoms with Gasteiger partial charge in [-0.15, -0.1) is 0 Å². The fraction of sp³-hybridized carbons (Fsp3) is 0.615. The lowest BCUT2D eigenvalue weighted by molar-refractivity contribution is -0.127. The summed E-state index contributed by atoms with van der Waals surface area (Å²) < 4.78 is 0. The summed E-state index contributed by atoms with van der Waals surface area (Å²) in [5.74, 6) is 0.836. The number of carbonyl (C=O) groups is 1. The van der Waals surface area contributed by atoms with Crippen molar-refractivity contribution in [2.75, 3.05) is 0 Å². The van der Waals surface area contributed by atoms with Crippen LogP contribution in [-0.4, -0.2) is 15.8 Å². The number of carbonyl (C=O) groups excluding carboxylic acids is 1. The molecule has 0 bridgehead atoms. The topological polar surface area (TPSA) is 42.9 Å². The minimum atomic E-state index is 0.0647. The van der Waals surface area contributed by atoms with Crippen molar-refractivity contribution in [3.8, 4) is 0 Å². The first kappa shape index (κ1) is 12.8. The fourth-order valence-corrected chi connectivity index (χ4v) is 1.76. The van der Waals surface area contributed by atoms with Crippen molar-refractivity contribution < 1.29 is 4.79 Å². The number of nitrogens with zero attached hydrogens (tertiary/aromatic N) is 2. The summed E-state index contributed by atoms with van der Waals surface area (Å²) in [6.07, 6.45) is 3.98. The van der Waals surface area contributed by atoms with Gasteiger partial charge in [-0.2, -0.15) is 0 Å². The highest BCUT2D eigenvalue weighted by molar-refractivity contribution is 5.83. The highest BCUT2D eigenvalue weighted by atomic mass is 16.1. The second kappa shape index (κ2) is 5.73. The van der Waals surface area contributed by atoms with Gasteiger partial charge in [-0.1, -0.05) is 27.7 Å². The maximum Gasteiger partial charge on any atom is 0.139 e. The Morgan fingerprint density at radius 1 is 1.31 bits per heavy atom. The van der Waals surface area contributed by atoms with Crippen molar-refractivity contribution >= 4 is 5.78 Å². The van der Waals surface area contributed by atoms with Gasteiger partial charge in [0.1, 0.15) is 12.1 Å². The van der Waals surface area contributed by atoms with E-state index in [1.54, 1.807) is 6.20 Å². The molecular formula is C13H20N2O. The van der Waals surface area contributed by atoms with E-state index in [4.69, 9.17) is 0 Å². The number of rotatable bonds is 5. The van der Waals surface area contributed by atoms with E-state index in [1.807, 2.05) is 19.9 Å². The molecule has 0 spiro atoms. The molecule has 0 aliphatic rings. The van der Waals surface area contributed by atoms with Gasteiger partial charge >= 0.3 is 0 Å². The second-order valence-electron chi connectivity index (χ2n) is 4.81. The van der Waals surface area contributed by atoms with Gasteiger partial charge in [0.15, 0.2) is 0 Å². The quantitative estimate of drug-likeness (QED) is 0.765. The molecular weight excluding hydrogens is 200 g/mol. The molecule has 0 fully saturated rings. The molecule has 88 valence electrons. The predicted molar refractivity (Wildman–Crippen MR) is 63.9 cm³/mol. The van der Waals surface area contributed by atoms with Crippen molar-refractivity contribution in [1.29, 1.82) is 0 Å². The standard InChI is InChI=1S/C13H20N2O/c1-9(2)12(13(16)10(3)4)7-11-5-6-14-8-15-11/h5-6,8-10,12H,7H2,1-4H3/t12-/m0/s1. The average Bonchev–Trinajstić information content (AvgIpc) is 2.26. The van der Waals surface area contributed by atoms with E-state index >= 15 is 0 Å². The van der Waals surface area contributed by atoms with Crippen LogP contribution in [0.15, 0.2) is 18.6 Å². The molecule has 3 nitrogen and oxygen atoms in total. The summed E-state index contributed by atoms with van der Waals surface area (Å²) >= 11 is 0. The predicted octanol–water partition coefficient (Wildman–Crippen LogP) is 2.52. The minimum absolute atomic E-state index is 0.0647. The Balaban J connectivity index is 2.77. The van der Waals surface area contributed by atoms with Gasteiger partial charge < -0.3 is 0 Å². The Morgan fingerprint density at radius 2 is 2.00 bits per heavy atom. The molecule has 0 aliphatic carbocycles. The van der Waals surface area contributed by atoms with E-state index in [9.17, 15) is 4.79 Å². The summed E-state index contributed by atoms with van der Waals surface area (Å²) in [6, 6.07) is 1.88. The smallest absolute Gasteiger partial charge is 0.139 e. The van der Waals surface area contributed by atoms with Gasteiger partial charge in [-0.3, -0.25) is 4.79 Å². The zero-order valence-electron chi connectivity index (χ0n) is 10.5. The van der Waals surface area contributed by atoms with Crippen LogP contribution in [0.5, 0.6) is 0 Å². The molecule has 1 atom stereocenters. The number of hydrogen-bond donors (Lipinski definition) is 0. The summed E-state index contributed by atoms with van der Waals surface area (Å²) in [5.41, 5.74) is 0.947. The van der Waals surface area contributed by atoms with Crippen LogP contribution in [0, 0.1) is 17.8 Å². The van der Waals surface area contributed by atoms with Crippen molar-refractivity contribution in [2.45, 2.75) is 34.1 Å². The monoisotopic (exact) mass is 220 g/mol. The van der Waals surface area contributed by atoms with E-state index in [0.717, 1.165) is 12.1 Å². The van der Waals surface area contributed by atoms with Crippen LogP contribution in [-0.2, 0) is 11.2 Å². The summed E-state index contributed by atoms with van der Waals surface area (Å²) in [4.78, 5) is 20.1. The van der Waals surface area contributed by atoms with E-state index in [0.29, 0.717) is 11.7 Å². The van der Waals surface area contributed by atoms with E-state index < -0.39 is 0 Å². The zero-order valence-corrected chi connectivity index (χ0v) is 10.5. The van der Waals surface area contributed by atoms with Gasteiger partial charge in [0.2, 0.25) is 0 Å². The summed E-state index contributed by atoms with van der Waals surface area (Å²) in [7, 11) is 0. The Kier molecular flexibility index (Phi) is 4.59. The van der Waals surface area contributed by atoms with Gasteiger partial charge in [0, 0.05) is 23.7 Å². The van der Waals surface area contributed by atoms with Crippen LogP contribution in [0.3, 0.4) is 0 Å². The summed E-state index contributed by atoms with van der Waals surface area (Å²) in [6.45, 7) is 8.09. The molecule has 0 radical (unpaired) electrons. The lowest BCUT2D eigenvalue weighted by Crippen LogP contribution is -2.26. The number of aromatic nitrogens is 2. The van der Waals surface area contributed by atoms with Crippen LogP contribution in [0.1, 0.15) is 33.4 Å². The number of hydrogen-bond acceptors (Lipinski definition) is 3. The van der Waals surface area contributed by atoms with Crippen LogP contribution < -0.4 is 0 Å². The molecule has 0 N–H and O–H groups in total. The molecule has 3 heteroatoms. The van der Waals surface area contributed by atoms with E-state index in [1.165, 1.54) is 6.33 Å². The van der Waals surface area contributed by atoms with Crippen molar-refractivity contribution in [1.82, 2.24) is 9.97 Å². The molecule has 0 aromatic carbocycles. The van der Waals surface area contributed by atoms with Gasteiger partial charge in [-0.05, 0) is 18.4 Å². The normalized spacial score (nSPS) is 13.1. The third-order valence-corrected chi connectivity index (χ3v) is 2.81. The molecule has 0 amide bonds. The van der Waals surface area contributed by atoms with Gasteiger partial charge in [0.05, 0.1) is 0 Å². The van der Waals surface area contributed by atoms with Crippen LogP contribution in [0.2, 0.25) is 0 Å². The minimum Gasteiger partial charge on any atom is -0.299 e. The Morgan fingerprint density at radius 3 is 2.44 bits per heavy atom. The molecule has 0 aliphatic heterocycles. The van der Waals surface area contributed by atoms with Gasteiger partial charge in [0.25, 0.3) is 0 Å². The van der Waals surface area contributed by atoms with Gasteiger partial charge in [-0.25, -0.2) is 9.97 Å². The molecule has 1 aromatic rings. The van der Waals surface area contributed by atoms with Crippen molar-refractivity contribution in [3.05, 3.63) is 24.3 Å². The van der Waals surface area contributed by atoms with Crippen LogP contribution in [0.4, 0.5) is 0 Å². The van der Waals surface area contributed by atoms with Crippen molar-refractivity contribution in [3.63, 3.8) is 0 Å². The molecule has 1 rings (SSSR count). The largest absolute Gasteiger partial charge is 0.299 e. The maximum atomic E-state index is 12.0. The molecule has 0 unspecified atom stereocenters. The van der Waals surface area contributed by atoms with Crippen LogP contribution in [0.25, 0.3) is 0 Å². The van der Waals surface area contributed by atoms with E-state index in [-0.39, 0.29) is 11.8 Å². The Bertz CT molecular complexity index is 333. The lowest BCUT2D eigenvalue weighted by atomic mass is 9.83. The highest BCUT2D eigenvalue weighted by Gasteiger charge is 2.24. The first-order valence-corrected chi connectivity index (χ1v) is 5.81. The maximum absolute atomic E-state index is 12.0. The molecule has 1 heterocycles. The third kappa shape index (κ3) is 3.40. The zero-order chi connectivity index (χ0) is 12.1. The summed E-state index contributed by atoms with van der Waals surface area (Å²) in [5, 5.41) is 0. The number of ketones is 1. The van der Waals surface area contributed by atoms with Crippen molar-refractivity contribution in [2.24, 2.45) is 17.8 Å². The Hall–Kier alpha value is -1.25. The molecule has 16 heavy (non-hydrogen) atoms. The van der Waals surface area contributed by atoms with E-state index in [2.05, 4.69) is 23.8 Å². The second-order valence-corrected chi connectivity index (χ2v) is 4.81.